The predicted octanol–water partition coefficient (Wildman–Crippen LogP) is 2.65. The molecular weight excluding hydrogens is 231 g/mol. The summed E-state index contributed by atoms with van der Waals surface area (Å²) in [6, 6.07) is 7.58. The third kappa shape index (κ3) is 4.38. The molecule has 0 unspecified atom stereocenters. The quantitative estimate of drug-likeness (QED) is 0.493. The van der Waals surface area contributed by atoms with Crippen molar-refractivity contribution in [2.75, 3.05) is 6.54 Å². The van der Waals surface area contributed by atoms with Gasteiger partial charge in [0, 0.05) is 6.54 Å². The highest BCUT2D eigenvalue weighted by molar-refractivity contribution is 6.01. The van der Waals surface area contributed by atoms with Crippen LogP contribution in [0.25, 0.3) is 6.08 Å². The van der Waals surface area contributed by atoms with Crippen LogP contribution in [0.2, 0.25) is 0 Å². The standard InChI is InChI=1S/C14H15FN2O/c1-2-3-7-17-14(18)12(10-16)8-11-5-4-6-13(15)9-11/h4-6,8-9H,2-3,7H2,1H3,(H,17,18)/b12-8+. The zero-order chi connectivity index (χ0) is 13.4. The Hall–Kier alpha value is -2.15. The van der Waals surface area contributed by atoms with Gasteiger partial charge in [0.05, 0.1) is 0 Å². The van der Waals surface area contributed by atoms with Gasteiger partial charge in [-0.25, -0.2) is 4.39 Å². The van der Waals surface area contributed by atoms with E-state index in [9.17, 15) is 9.18 Å². The summed E-state index contributed by atoms with van der Waals surface area (Å²) >= 11 is 0. The molecule has 0 aliphatic carbocycles. The minimum absolute atomic E-state index is 0.0169. The Morgan fingerprint density at radius 2 is 2.33 bits per heavy atom. The molecule has 0 heterocycles. The fourth-order valence-electron chi connectivity index (χ4n) is 1.39. The normalized spacial score (nSPS) is 10.8. The maximum absolute atomic E-state index is 13.0. The maximum Gasteiger partial charge on any atom is 0.261 e. The van der Waals surface area contributed by atoms with E-state index < -0.39 is 11.7 Å². The van der Waals surface area contributed by atoms with E-state index in [1.54, 1.807) is 6.07 Å². The van der Waals surface area contributed by atoms with E-state index in [1.165, 1.54) is 24.3 Å². The van der Waals surface area contributed by atoms with Crippen molar-refractivity contribution in [2.45, 2.75) is 19.8 Å². The third-order valence-electron chi connectivity index (χ3n) is 2.34. The molecule has 3 nitrogen and oxygen atoms in total. The highest BCUT2D eigenvalue weighted by atomic mass is 19.1. The number of carbonyl (C=O) groups is 1. The summed E-state index contributed by atoms with van der Waals surface area (Å²) < 4.78 is 13.0. The number of nitrogens with zero attached hydrogens (tertiary/aromatic N) is 1. The van der Waals surface area contributed by atoms with Crippen molar-refractivity contribution in [3.8, 4) is 6.07 Å². The molecular formula is C14H15FN2O. The van der Waals surface area contributed by atoms with Gasteiger partial charge in [-0.15, -0.1) is 0 Å². The molecule has 0 radical (unpaired) electrons. The molecule has 0 aliphatic heterocycles. The van der Waals surface area contributed by atoms with Crippen LogP contribution >= 0.6 is 0 Å². The van der Waals surface area contributed by atoms with Gasteiger partial charge in [0.25, 0.3) is 5.91 Å². The molecule has 1 aromatic carbocycles. The van der Waals surface area contributed by atoms with Crippen LogP contribution in [0.5, 0.6) is 0 Å². The van der Waals surface area contributed by atoms with Crippen LogP contribution in [0.3, 0.4) is 0 Å². The van der Waals surface area contributed by atoms with E-state index in [-0.39, 0.29) is 5.57 Å². The second-order valence-corrected chi connectivity index (χ2v) is 3.83. The van der Waals surface area contributed by atoms with Gasteiger partial charge in [0.15, 0.2) is 0 Å². The van der Waals surface area contributed by atoms with Crippen LogP contribution in [0.15, 0.2) is 29.8 Å². The van der Waals surface area contributed by atoms with Crippen LogP contribution in [0, 0.1) is 17.1 Å². The third-order valence-corrected chi connectivity index (χ3v) is 2.34. The predicted molar refractivity (Wildman–Crippen MR) is 67.9 cm³/mol. The Kier molecular flexibility index (Phi) is 5.59. The Labute approximate surface area is 106 Å². The molecule has 0 saturated heterocycles. The topological polar surface area (TPSA) is 52.9 Å². The van der Waals surface area contributed by atoms with Gasteiger partial charge in [-0.05, 0) is 30.2 Å². The second kappa shape index (κ2) is 7.23. The van der Waals surface area contributed by atoms with E-state index in [2.05, 4.69) is 5.32 Å². The summed E-state index contributed by atoms with van der Waals surface area (Å²) in [5.74, 6) is -0.817. The van der Waals surface area contributed by atoms with E-state index in [1.807, 2.05) is 13.0 Å². The Morgan fingerprint density at radius 3 is 2.94 bits per heavy atom. The van der Waals surface area contributed by atoms with Gasteiger partial charge in [-0.2, -0.15) is 5.26 Å². The number of unbranched alkanes of at least 4 members (excludes halogenated alkanes) is 1. The second-order valence-electron chi connectivity index (χ2n) is 3.83. The average molecular weight is 246 g/mol. The number of hydrogen-bond donors (Lipinski definition) is 1. The summed E-state index contributed by atoms with van der Waals surface area (Å²) in [6.45, 7) is 2.55. The molecule has 0 spiro atoms. The molecule has 1 amide bonds. The van der Waals surface area contributed by atoms with E-state index in [0.717, 1.165) is 12.8 Å². The number of amides is 1. The lowest BCUT2D eigenvalue weighted by Gasteiger charge is -2.02. The van der Waals surface area contributed by atoms with Gasteiger partial charge in [0.2, 0.25) is 0 Å². The summed E-state index contributed by atoms with van der Waals surface area (Å²) in [5.41, 5.74) is 0.480. The molecule has 1 rings (SSSR count). The molecule has 1 aromatic rings. The molecule has 0 aliphatic rings. The number of hydrogen-bond acceptors (Lipinski definition) is 2. The molecule has 0 bridgehead atoms. The van der Waals surface area contributed by atoms with Crippen LogP contribution in [-0.4, -0.2) is 12.5 Å². The number of nitrogens with one attached hydrogen (secondary N) is 1. The Morgan fingerprint density at radius 1 is 1.56 bits per heavy atom. The minimum Gasteiger partial charge on any atom is -0.351 e. The molecule has 0 aromatic heterocycles. The lowest BCUT2D eigenvalue weighted by atomic mass is 10.1. The summed E-state index contributed by atoms with van der Waals surface area (Å²) in [6.07, 6.45) is 3.21. The molecule has 94 valence electrons. The fraction of sp³-hybridized carbons (Fsp3) is 0.286. The monoisotopic (exact) mass is 246 g/mol. The van der Waals surface area contributed by atoms with Crippen molar-refractivity contribution in [3.63, 3.8) is 0 Å². The molecule has 0 fully saturated rings. The van der Waals surface area contributed by atoms with Gasteiger partial charge in [-0.1, -0.05) is 25.5 Å². The van der Waals surface area contributed by atoms with Crippen molar-refractivity contribution in [1.29, 1.82) is 5.26 Å². The summed E-state index contributed by atoms with van der Waals surface area (Å²) in [5, 5.41) is 11.6. The zero-order valence-electron chi connectivity index (χ0n) is 10.2. The number of halogens is 1. The van der Waals surface area contributed by atoms with Crippen molar-refractivity contribution in [2.24, 2.45) is 0 Å². The Bertz CT molecular complexity index is 489. The number of benzene rings is 1. The first kappa shape index (κ1) is 13.9. The first-order chi connectivity index (χ1) is 8.67. The summed E-state index contributed by atoms with van der Waals surface area (Å²) in [7, 11) is 0. The van der Waals surface area contributed by atoms with Crippen molar-refractivity contribution in [3.05, 3.63) is 41.2 Å². The molecule has 18 heavy (non-hydrogen) atoms. The first-order valence-electron chi connectivity index (χ1n) is 5.83. The van der Waals surface area contributed by atoms with Crippen LogP contribution in [0.1, 0.15) is 25.3 Å². The molecule has 4 heteroatoms. The van der Waals surface area contributed by atoms with Crippen LogP contribution in [0.4, 0.5) is 4.39 Å². The van der Waals surface area contributed by atoms with Gasteiger partial charge in [-0.3, -0.25) is 4.79 Å². The fourth-order valence-corrected chi connectivity index (χ4v) is 1.39. The smallest absolute Gasteiger partial charge is 0.261 e. The lowest BCUT2D eigenvalue weighted by molar-refractivity contribution is -0.117. The zero-order valence-corrected chi connectivity index (χ0v) is 10.2. The van der Waals surface area contributed by atoms with E-state index in [4.69, 9.17) is 5.26 Å². The van der Waals surface area contributed by atoms with Gasteiger partial charge < -0.3 is 5.32 Å². The number of rotatable bonds is 5. The van der Waals surface area contributed by atoms with Crippen molar-refractivity contribution >= 4 is 12.0 Å². The molecule has 0 atom stereocenters. The van der Waals surface area contributed by atoms with Crippen molar-refractivity contribution < 1.29 is 9.18 Å². The van der Waals surface area contributed by atoms with E-state index >= 15 is 0 Å². The molecule has 1 N–H and O–H groups in total. The highest BCUT2D eigenvalue weighted by Gasteiger charge is 2.07. The lowest BCUT2D eigenvalue weighted by Crippen LogP contribution is -2.25. The minimum atomic E-state index is -0.421. The first-order valence-corrected chi connectivity index (χ1v) is 5.83. The van der Waals surface area contributed by atoms with Crippen LogP contribution < -0.4 is 5.32 Å². The van der Waals surface area contributed by atoms with Crippen LogP contribution in [-0.2, 0) is 4.79 Å². The van der Waals surface area contributed by atoms with Gasteiger partial charge in [0.1, 0.15) is 17.5 Å². The highest BCUT2D eigenvalue weighted by Crippen LogP contribution is 2.08. The largest absolute Gasteiger partial charge is 0.351 e. The summed E-state index contributed by atoms with van der Waals surface area (Å²) in [4.78, 5) is 11.6. The maximum atomic E-state index is 13.0. The average Bonchev–Trinajstić information content (AvgIpc) is 2.36. The number of nitriles is 1. The van der Waals surface area contributed by atoms with Gasteiger partial charge >= 0.3 is 0 Å². The molecule has 0 saturated carbocycles. The Balaban J connectivity index is 2.77. The number of carbonyl (C=O) groups excluding carboxylic acids is 1. The van der Waals surface area contributed by atoms with E-state index in [0.29, 0.717) is 12.1 Å². The SMILES string of the molecule is CCCCNC(=O)/C(C#N)=C/c1cccc(F)c1. The van der Waals surface area contributed by atoms with Crippen molar-refractivity contribution in [1.82, 2.24) is 5.32 Å².